The van der Waals surface area contributed by atoms with E-state index in [2.05, 4.69) is 10.6 Å². The Balaban J connectivity index is 2.06. The molecule has 2 amide bonds. The molecule has 20 heavy (non-hydrogen) atoms. The molecule has 0 spiro atoms. The van der Waals surface area contributed by atoms with E-state index in [-0.39, 0.29) is 24.8 Å². The molecule has 1 aliphatic heterocycles. The van der Waals surface area contributed by atoms with Gasteiger partial charge in [-0.15, -0.1) is 0 Å². The van der Waals surface area contributed by atoms with Gasteiger partial charge in [-0.3, -0.25) is 9.59 Å². The molecule has 0 bridgehead atoms. The standard InChI is InChI=1S/C13H17N3O4/c1-2-19-4-3-12(17)15-9-6-10-11(5-8(9)14)20-7-13(18)16-10/h5-6H,2-4,7,14H2,1H3,(H,15,17)(H,16,18). The van der Waals surface area contributed by atoms with Crippen molar-refractivity contribution in [3.63, 3.8) is 0 Å². The zero-order chi connectivity index (χ0) is 14.5. The quantitative estimate of drug-likeness (QED) is 0.550. The van der Waals surface area contributed by atoms with Crippen LogP contribution in [0.2, 0.25) is 0 Å². The Kier molecular flexibility index (Phi) is 4.41. The number of ether oxygens (including phenoxy) is 2. The van der Waals surface area contributed by atoms with E-state index >= 15 is 0 Å². The van der Waals surface area contributed by atoms with Gasteiger partial charge in [-0.25, -0.2) is 0 Å². The normalized spacial score (nSPS) is 13.2. The van der Waals surface area contributed by atoms with Gasteiger partial charge in [0.25, 0.3) is 5.91 Å². The third-order valence-corrected chi connectivity index (χ3v) is 2.74. The van der Waals surface area contributed by atoms with Crippen molar-refractivity contribution in [1.82, 2.24) is 0 Å². The summed E-state index contributed by atoms with van der Waals surface area (Å²) in [6.45, 7) is 2.75. The molecule has 4 N–H and O–H groups in total. The smallest absolute Gasteiger partial charge is 0.262 e. The van der Waals surface area contributed by atoms with E-state index in [0.29, 0.717) is 36.0 Å². The zero-order valence-electron chi connectivity index (χ0n) is 11.2. The SMILES string of the molecule is CCOCCC(=O)Nc1cc2c(cc1N)OCC(=O)N2. The van der Waals surface area contributed by atoms with E-state index in [0.717, 1.165) is 0 Å². The Morgan fingerprint density at radius 2 is 2.35 bits per heavy atom. The molecule has 0 saturated heterocycles. The predicted molar refractivity (Wildman–Crippen MR) is 74.7 cm³/mol. The van der Waals surface area contributed by atoms with E-state index in [1.54, 1.807) is 12.1 Å². The van der Waals surface area contributed by atoms with Crippen molar-refractivity contribution in [2.75, 3.05) is 36.2 Å². The molecule has 1 aliphatic rings. The zero-order valence-corrected chi connectivity index (χ0v) is 11.2. The van der Waals surface area contributed by atoms with Gasteiger partial charge in [0.05, 0.1) is 30.1 Å². The average molecular weight is 279 g/mol. The fraction of sp³-hybridized carbons (Fsp3) is 0.385. The fourth-order valence-electron chi connectivity index (χ4n) is 1.77. The van der Waals surface area contributed by atoms with Crippen LogP contribution in [0, 0.1) is 0 Å². The van der Waals surface area contributed by atoms with E-state index in [9.17, 15) is 9.59 Å². The highest BCUT2D eigenvalue weighted by Crippen LogP contribution is 2.35. The van der Waals surface area contributed by atoms with Gasteiger partial charge in [-0.1, -0.05) is 0 Å². The van der Waals surface area contributed by atoms with Gasteiger partial charge in [-0.2, -0.15) is 0 Å². The Labute approximate surface area is 116 Å². The monoisotopic (exact) mass is 279 g/mol. The van der Waals surface area contributed by atoms with E-state index < -0.39 is 0 Å². The lowest BCUT2D eigenvalue weighted by Gasteiger charge is -2.20. The molecule has 1 aromatic carbocycles. The number of hydrogen-bond acceptors (Lipinski definition) is 5. The summed E-state index contributed by atoms with van der Waals surface area (Å²) in [7, 11) is 0. The Morgan fingerprint density at radius 1 is 1.55 bits per heavy atom. The van der Waals surface area contributed by atoms with Crippen molar-refractivity contribution < 1.29 is 19.1 Å². The molecule has 7 nitrogen and oxygen atoms in total. The Morgan fingerprint density at radius 3 is 3.10 bits per heavy atom. The fourth-order valence-corrected chi connectivity index (χ4v) is 1.77. The molecule has 1 heterocycles. The van der Waals surface area contributed by atoms with Gasteiger partial charge in [-0.05, 0) is 13.0 Å². The number of nitrogens with one attached hydrogen (secondary N) is 2. The number of amides is 2. The maximum Gasteiger partial charge on any atom is 0.262 e. The van der Waals surface area contributed by atoms with Crippen LogP contribution in [0.3, 0.4) is 0 Å². The molecule has 0 unspecified atom stereocenters. The Hall–Kier alpha value is -2.28. The first-order chi connectivity index (χ1) is 9.60. The van der Waals surface area contributed by atoms with Gasteiger partial charge in [0.1, 0.15) is 5.75 Å². The summed E-state index contributed by atoms with van der Waals surface area (Å²) in [5.74, 6) is 0.0541. The van der Waals surface area contributed by atoms with Crippen LogP contribution >= 0.6 is 0 Å². The van der Waals surface area contributed by atoms with Crippen molar-refractivity contribution in [2.24, 2.45) is 0 Å². The molecule has 1 aromatic rings. The summed E-state index contributed by atoms with van der Waals surface area (Å²) < 4.78 is 10.3. The van der Waals surface area contributed by atoms with Crippen LogP contribution < -0.4 is 21.1 Å². The molecule has 0 fully saturated rings. The van der Waals surface area contributed by atoms with Crippen LogP contribution in [0.25, 0.3) is 0 Å². The molecule has 0 radical (unpaired) electrons. The number of rotatable bonds is 5. The summed E-state index contributed by atoms with van der Waals surface area (Å²) in [5.41, 5.74) is 7.16. The summed E-state index contributed by atoms with van der Waals surface area (Å²) in [6.07, 6.45) is 0.243. The topological polar surface area (TPSA) is 103 Å². The number of nitrogens with two attached hydrogens (primary N) is 1. The summed E-state index contributed by atoms with van der Waals surface area (Å²) >= 11 is 0. The van der Waals surface area contributed by atoms with Crippen molar-refractivity contribution in [1.29, 1.82) is 0 Å². The van der Waals surface area contributed by atoms with Crippen LogP contribution in [-0.2, 0) is 14.3 Å². The van der Waals surface area contributed by atoms with Crippen molar-refractivity contribution in [3.8, 4) is 5.75 Å². The molecule has 0 aromatic heterocycles. The molecular weight excluding hydrogens is 262 g/mol. The lowest BCUT2D eigenvalue weighted by molar-refractivity contribution is -0.118. The van der Waals surface area contributed by atoms with Crippen molar-refractivity contribution in [2.45, 2.75) is 13.3 Å². The first-order valence-corrected chi connectivity index (χ1v) is 6.34. The van der Waals surface area contributed by atoms with Crippen LogP contribution in [-0.4, -0.2) is 31.6 Å². The molecule has 108 valence electrons. The maximum atomic E-state index is 11.7. The van der Waals surface area contributed by atoms with Gasteiger partial charge in [0.15, 0.2) is 6.61 Å². The lowest BCUT2D eigenvalue weighted by atomic mass is 10.2. The lowest BCUT2D eigenvalue weighted by Crippen LogP contribution is -2.25. The number of nitrogen functional groups attached to an aromatic ring is 1. The molecule has 7 heteroatoms. The van der Waals surface area contributed by atoms with Crippen molar-refractivity contribution >= 4 is 28.9 Å². The number of carbonyl (C=O) groups excluding carboxylic acids is 2. The van der Waals surface area contributed by atoms with Gasteiger partial charge < -0.3 is 25.8 Å². The highest BCUT2D eigenvalue weighted by molar-refractivity contribution is 6.00. The van der Waals surface area contributed by atoms with E-state index in [1.165, 1.54) is 0 Å². The third kappa shape index (κ3) is 3.39. The molecule has 0 saturated carbocycles. The van der Waals surface area contributed by atoms with Gasteiger partial charge in [0, 0.05) is 12.7 Å². The summed E-state index contributed by atoms with van der Waals surface area (Å²) in [4.78, 5) is 23.0. The van der Waals surface area contributed by atoms with Gasteiger partial charge in [0.2, 0.25) is 5.91 Å². The molecular formula is C13H17N3O4. The molecule has 0 atom stereocenters. The minimum atomic E-state index is -0.240. The molecule has 0 aliphatic carbocycles. The number of benzene rings is 1. The highest BCUT2D eigenvalue weighted by Gasteiger charge is 2.18. The predicted octanol–water partition coefficient (Wildman–Crippen LogP) is 0.965. The van der Waals surface area contributed by atoms with Crippen LogP contribution in [0.4, 0.5) is 17.1 Å². The number of anilines is 3. The second-order valence-electron chi connectivity index (χ2n) is 4.27. The highest BCUT2D eigenvalue weighted by atomic mass is 16.5. The minimum absolute atomic E-state index is 0.0352. The summed E-state index contributed by atoms with van der Waals surface area (Å²) in [5, 5.41) is 5.34. The molecule has 2 rings (SSSR count). The number of hydrogen-bond donors (Lipinski definition) is 3. The van der Waals surface area contributed by atoms with Gasteiger partial charge >= 0.3 is 0 Å². The first kappa shape index (κ1) is 14.1. The van der Waals surface area contributed by atoms with E-state index in [1.807, 2.05) is 6.92 Å². The minimum Gasteiger partial charge on any atom is -0.482 e. The van der Waals surface area contributed by atoms with Crippen molar-refractivity contribution in [3.05, 3.63) is 12.1 Å². The first-order valence-electron chi connectivity index (χ1n) is 6.34. The van der Waals surface area contributed by atoms with Crippen LogP contribution in [0.1, 0.15) is 13.3 Å². The van der Waals surface area contributed by atoms with Crippen LogP contribution in [0.5, 0.6) is 5.75 Å². The maximum absolute atomic E-state index is 11.7. The second kappa shape index (κ2) is 6.25. The second-order valence-corrected chi connectivity index (χ2v) is 4.27. The van der Waals surface area contributed by atoms with Crippen LogP contribution in [0.15, 0.2) is 12.1 Å². The van der Waals surface area contributed by atoms with E-state index in [4.69, 9.17) is 15.2 Å². The third-order valence-electron chi connectivity index (χ3n) is 2.74. The largest absolute Gasteiger partial charge is 0.482 e. The Bertz CT molecular complexity index is 531. The number of carbonyl (C=O) groups is 2. The summed E-state index contributed by atoms with van der Waals surface area (Å²) in [6, 6.07) is 3.16. The number of fused-ring (bicyclic) bond motifs is 1. The average Bonchev–Trinajstić information content (AvgIpc) is 2.40.